The van der Waals surface area contributed by atoms with Gasteiger partial charge in [0, 0.05) is 61.5 Å². The number of nitrogens with one attached hydrogen (secondary N) is 2. The van der Waals surface area contributed by atoms with Gasteiger partial charge in [-0.15, -0.1) is 0 Å². The molecule has 0 bridgehead atoms. The maximum absolute atomic E-state index is 12.6. The maximum atomic E-state index is 12.6. The number of aliphatic hydroxyl groups excluding tert-OH is 1. The second-order valence-corrected chi connectivity index (χ2v) is 36.2. The van der Waals surface area contributed by atoms with Crippen molar-refractivity contribution >= 4 is 91.3 Å². The molecule has 6 aliphatic heterocycles. The molecule has 0 radical (unpaired) electrons. The highest BCUT2D eigenvalue weighted by molar-refractivity contribution is 7.78. The Bertz CT molecular complexity index is 3300. The lowest BCUT2D eigenvalue weighted by Crippen LogP contribution is -2.58. The number of H-pyrrole nitrogens is 2. The van der Waals surface area contributed by atoms with E-state index >= 15 is 0 Å². The highest BCUT2D eigenvalue weighted by Gasteiger charge is 2.53. The van der Waals surface area contributed by atoms with Gasteiger partial charge in [-0.3, -0.25) is 28.7 Å². The number of hydrogen-bond donors (Lipinski definition) is 3. The Morgan fingerprint density at radius 2 is 0.977 bits per heavy atom. The fraction of sp³-hybridized carbons (Fsp3) is 0.500. The summed E-state index contributed by atoms with van der Waals surface area (Å²) in [6, 6.07) is 46.9. The van der Waals surface area contributed by atoms with Crippen LogP contribution in [0, 0.1) is 25.7 Å². The maximum Gasteiger partial charge on any atom is 0.330 e. The minimum absolute atomic E-state index is 0. The van der Waals surface area contributed by atoms with Crippen molar-refractivity contribution in [3.8, 4) is 0 Å². The van der Waals surface area contributed by atoms with Crippen molar-refractivity contribution in [2.24, 2.45) is 11.8 Å². The zero-order valence-corrected chi connectivity index (χ0v) is 56.4. The largest absolute Gasteiger partial charge is 0.390 e. The molecule has 3 N–H and O–H groups in total. The Kier molecular flexibility index (Phi) is 26.2. The second kappa shape index (κ2) is 31.5. The molecular weight excluding hydrogens is 1230 g/mol. The van der Waals surface area contributed by atoms with Crippen LogP contribution in [0.25, 0.3) is 0 Å². The summed E-state index contributed by atoms with van der Waals surface area (Å²) in [6.45, 7) is 18.5. The highest BCUT2D eigenvalue weighted by atomic mass is 35.7. The summed E-state index contributed by atoms with van der Waals surface area (Å²) in [4.78, 5) is 52.2. The molecule has 8 heterocycles. The minimum atomic E-state index is -2.09. The van der Waals surface area contributed by atoms with E-state index in [1.165, 1.54) is 48.9 Å². The van der Waals surface area contributed by atoms with Crippen molar-refractivity contribution in [1.82, 2.24) is 28.4 Å². The van der Waals surface area contributed by atoms with E-state index in [-0.39, 0.29) is 89.8 Å². The van der Waals surface area contributed by atoms with E-state index in [9.17, 15) is 24.3 Å². The molecule has 476 valence electrons. The summed E-state index contributed by atoms with van der Waals surface area (Å²) < 4.78 is 39.8. The van der Waals surface area contributed by atoms with Crippen molar-refractivity contribution in [1.29, 1.82) is 0 Å². The van der Waals surface area contributed by atoms with Crippen molar-refractivity contribution in [2.75, 3.05) is 13.1 Å². The molecule has 6 aliphatic rings. The van der Waals surface area contributed by atoms with E-state index in [1.807, 2.05) is 13.8 Å². The quantitative estimate of drug-likeness (QED) is 0.0695. The first-order valence-electron chi connectivity index (χ1n) is 29.5. The zero-order valence-electron chi connectivity index (χ0n) is 49.9. The Morgan fingerprint density at radius 1 is 0.598 bits per heavy atom. The van der Waals surface area contributed by atoms with Crippen LogP contribution in [0.1, 0.15) is 105 Å². The van der Waals surface area contributed by atoms with Crippen LogP contribution in [0.5, 0.6) is 0 Å². The number of hydrogen-bond acceptors (Lipinski definition) is 12. The third-order valence-electron chi connectivity index (χ3n) is 17.8. The summed E-state index contributed by atoms with van der Waals surface area (Å²) in [5.41, 5.74) is -0.799. The first kappa shape index (κ1) is 72.3. The number of aliphatic hydroxyl groups is 1. The van der Waals surface area contributed by atoms with Crippen molar-refractivity contribution in [3.63, 3.8) is 0 Å². The van der Waals surface area contributed by atoms with Crippen LogP contribution in [-0.4, -0.2) is 111 Å². The summed E-state index contributed by atoms with van der Waals surface area (Å²) in [5.74, 6) is 0.365. The zero-order chi connectivity index (χ0) is 58.7. The van der Waals surface area contributed by atoms with Crippen molar-refractivity contribution in [2.45, 2.75) is 181 Å². The molecule has 0 spiro atoms. The van der Waals surface area contributed by atoms with Crippen molar-refractivity contribution in [3.05, 3.63) is 187 Å². The van der Waals surface area contributed by atoms with E-state index in [0.717, 1.165) is 38.0 Å². The number of aromatic amines is 2. The van der Waals surface area contributed by atoms with E-state index in [2.05, 4.69) is 168 Å². The number of nitrogens with zero attached hydrogens (tertiary/aromatic N) is 4. The molecular formula is C64H93ClN6O10P2S2Si2. The number of halogens is 1. The van der Waals surface area contributed by atoms with Crippen LogP contribution in [0.4, 0.5) is 0 Å². The van der Waals surface area contributed by atoms with E-state index in [1.54, 1.807) is 20.0 Å². The van der Waals surface area contributed by atoms with E-state index < -0.39 is 67.8 Å². The van der Waals surface area contributed by atoms with Gasteiger partial charge in [0.05, 0.1) is 36.6 Å². The molecule has 6 fully saturated rings. The van der Waals surface area contributed by atoms with Gasteiger partial charge in [-0.2, -0.15) is 27.0 Å². The van der Waals surface area contributed by atoms with Crippen LogP contribution in [0.2, 0.25) is 25.2 Å². The molecule has 12 atom stereocenters. The predicted molar refractivity (Wildman–Crippen MR) is 370 cm³/mol. The van der Waals surface area contributed by atoms with Gasteiger partial charge in [-0.05, 0) is 74.7 Å². The normalized spacial score (nSPS) is 26.7. The lowest BCUT2D eigenvalue weighted by Gasteiger charge is -2.32. The van der Waals surface area contributed by atoms with Crippen LogP contribution in [0.15, 0.2) is 153 Å². The Morgan fingerprint density at radius 3 is 1.39 bits per heavy atom. The topological polar surface area (TPSA) is 183 Å². The summed E-state index contributed by atoms with van der Waals surface area (Å²) in [5, 5.41) is 15.7. The van der Waals surface area contributed by atoms with E-state index in [0.29, 0.717) is 36.1 Å². The van der Waals surface area contributed by atoms with Crippen molar-refractivity contribution < 1.29 is 28.2 Å². The first-order chi connectivity index (χ1) is 39.8. The van der Waals surface area contributed by atoms with Gasteiger partial charge in [0.1, 0.15) is 28.6 Å². The average Bonchev–Trinajstić information content (AvgIpc) is 1.78. The number of rotatable bonds is 14. The average molecular weight is 1320 g/mol. The van der Waals surface area contributed by atoms with Crippen LogP contribution in [-0.2, 0) is 23.0 Å². The molecule has 2 unspecified atom stereocenters. The summed E-state index contributed by atoms with van der Waals surface area (Å²) >= 11 is 6.51. The first-order valence-corrected chi connectivity index (χ1v) is 38.1. The number of aryl methyl sites for hydroxylation is 2. The molecule has 0 aliphatic carbocycles. The molecule has 87 heavy (non-hydrogen) atoms. The second-order valence-electron chi connectivity index (χ2n) is 24.3. The van der Waals surface area contributed by atoms with Gasteiger partial charge in [0.15, 0.2) is 0 Å². The molecule has 2 aromatic heterocycles. The van der Waals surface area contributed by atoms with Crippen LogP contribution < -0.4 is 43.2 Å². The van der Waals surface area contributed by atoms with Gasteiger partial charge < -0.3 is 28.2 Å². The van der Waals surface area contributed by atoms with Gasteiger partial charge in [-0.1, -0.05) is 198 Å². The van der Waals surface area contributed by atoms with Gasteiger partial charge >= 0.3 is 11.4 Å². The fourth-order valence-electron chi connectivity index (χ4n) is 13.2. The lowest BCUT2D eigenvalue weighted by atomic mass is 10.0. The smallest absolute Gasteiger partial charge is 0.330 e. The Hall–Kier alpha value is -3.80. The number of benzene rings is 4. The molecule has 4 aromatic carbocycles. The summed E-state index contributed by atoms with van der Waals surface area (Å²) in [7, 11) is -6.11. The number of ether oxygens (including phenoxy) is 2. The Balaban J connectivity index is 0.000000224. The summed E-state index contributed by atoms with van der Waals surface area (Å²) in [6.07, 6.45) is 6.78. The van der Waals surface area contributed by atoms with Gasteiger partial charge in [0.2, 0.25) is 7.65 Å². The van der Waals surface area contributed by atoms with Gasteiger partial charge in [0.25, 0.3) is 19.6 Å². The Labute approximate surface area is 537 Å². The highest BCUT2D eigenvalue weighted by Crippen LogP contribution is 2.60. The molecule has 23 heteroatoms. The molecule has 6 saturated heterocycles. The predicted octanol–water partition coefficient (Wildman–Crippen LogP) is 10.0. The minimum Gasteiger partial charge on any atom is -0.390 e. The fourth-order valence-corrected chi connectivity index (χ4v) is 25.3. The SMILES string of the molecule is C.C.C[Si](C[C@H]1OP(Cl)N2CCC[C@@H]12)(c1ccccc1)c1ccccc1.Cc1cn([C@H]2C[C@@H](O)[C@@H](C(C)C)O2)c(=O)[nH]c1=O.Cc1cn([C@H]2C[C@@H](OP3O[C@H](C[Si](C)(c4ccccc4)c4ccccc4)[C@@H]4CCCN43)[C@@H](C(C)C)O2)c(=O)[nH]c1=O.S.S. The van der Waals surface area contributed by atoms with Gasteiger partial charge in [-0.25, -0.2) is 18.9 Å². The molecule has 12 rings (SSSR count). The monoisotopic (exact) mass is 1320 g/mol. The van der Waals surface area contributed by atoms with E-state index in [4.69, 9.17) is 34.3 Å². The van der Waals surface area contributed by atoms with Crippen LogP contribution in [0.3, 0.4) is 0 Å². The molecule has 0 saturated carbocycles. The third-order valence-corrected chi connectivity index (χ3v) is 30.7. The van der Waals surface area contributed by atoms with Crippen LogP contribution >= 0.6 is 54.4 Å². The lowest BCUT2D eigenvalue weighted by molar-refractivity contribution is -0.0431. The molecule has 0 amide bonds. The number of aromatic nitrogens is 4. The third kappa shape index (κ3) is 15.9. The standard InChI is InChI=1S/C31H40N3O5PSi.C19H23ClNOPSi.C12H18N2O4.2CH4.2H2S/c1-21(2)29-26(18-28(37-29)33-19-22(3)30(35)32-31(33)36)38-40-34-17-11-16-25(34)27(39-40)20-41(4,23-12-7-5-8-13-23)24-14-9-6-10-15-24;1-24(16-9-4-2-5-10-16,17-11-6-3-7-12-17)15-19-18-13-8-14-21(18)23(20)22-19;1-6(2)10-8(15)4-9(18-10)14-5-7(3)11(16)13-12(14)17;;;;/h5-10,12-15,19,21,25-29H,11,16-18,20H2,1-4H3,(H,32,35,36);2-7,9-12,18-19H,8,13-15H2,1H3;5-6,8-10,15H,4H2,1-3H3,(H,13,16,17);2*1H4;2*1H2/t25-,26+,27+,28+,29+,40?;18-,19+,23?;8-,9-,10-;;;;/m001..../s1. The number of fused-ring (bicyclic) bond motifs is 2. The molecule has 6 aromatic rings. The molecule has 16 nitrogen and oxygen atoms in total.